The number of aliphatic hydroxyl groups is 1. The molecule has 0 saturated heterocycles. The number of allylic oxidation sites excluding steroid dienone is 1. The molecule has 1 N–H and O–H groups in total. The van der Waals surface area contributed by atoms with Gasteiger partial charge in [0.05, 0.1) is 6.10 Å². The molecule has 0 spiro atoms. The maximum absolute atomic E-state index is 10.3. The van der Waals surface area contributed by atoms with Gasteiger partial charge < -0.3 is 5.11 Å². The zero-order valence-electron chi connectivity index (χ0n) is 13.1. The van der Waals surface area contributed by atoms with E-state index in [-0.39, 0.29) is 6.10 Å². The third kappa shape index (κ3) is 1.63. The minimum atomic E-state index is -0.203. The first-order chi connectivity index (χ1) is 8.97. The summed E-state index contributed by atoms with van der Waals surface area (Å²) in [7, 11) is 0. The summed E-state index contributed by atoms with van der Waals surface area (Å²) in [6, 6.07) is 0. The summed E-state index contributed by atoms with van der Waals surface area (Å²) in [6.07, 6.45) is 9.86. The van der Waals surface area contributed by atoms with Crippen molar-refractivity contribution in [2.75, 3.05) is 0 Å². The molecule has 6 atom stereocenters. The summed E-state index contributed by atoms with van der Waals surface area (Å²) >= 11 is 0. The Balaban J connectivity index is 1.90. The van der Waals surface area contributed by atoms with Gasteiger partial charge in [0.15, 0.2) is 0 Å². The van der Waals surface area contributed by atoms with Gasteiger partial charge in [-0.3, -0.25) is 0 Å². The Bertz CT molecular complexity index is 398. The van der Waals surface area contributed by atoms with Crippen LogP contribution in [0.5, 0.6) is 0 Å². The predicted molar refractivity (Wildman–Crippen MR) is 79.8 cm³/mol. The van der Waals surface area contributed by atoms with Gasteiger partial charge in [-0.15, -0.1) is 0 Å². The van der Waals surface area contributed by atoms with E-state index >= 15 is 0 Å². The summed E-state index contributed by atoms with van der Waals surface area (Å²) in [6.45, 7) is 9.33. The highest BCUT2D eigenvalue weighted by molar-refractivity contribution is 5.22. The van der Waals surface area contributed by atoms with E-state index in [0.717, 1.165) is 18.3 Å². The molecule has 108 valence electrons. The maximum Gasteiger partial charge on any atom is 0.0750 e. The monoisotopic (exact) mass is 262 g/mol. The molecule has 0 aromatic rings. The molecule has 3 rings (SSSR count). The Morgan fingerprint density at radius 2 is 2.05 bits per heavy atom. The molecule has 3 aliphatic carbocycles. The Labute approximate surface area is 118 Å². The van der Waals surface area contributed by atoms with Gasteiger partial charge in [-0.2, -0.15) is 0 Å². The van der Waals surface area contributed by atoms with Crippen molar-refractivity contribution < 1.29 is 5.11 Å². The van der Waals surface area contributed by atoms with Crippen LogP contribution in [-0.4, -0.2) is 11.2 Å². The lowest BCUT2D eigenvalue weighted by molar-refractivity contribution is 0.0702. The normalized spacial score (nSPS) is 50.6. The van der Waals surface area contributed by atoms with E-state index in [1.807, 2.05) is 0 Å². The van der Waals surface area contributed by atoms with Gasteiger partial charge >= 0.3 is 0 Å². The first-order valence-corrected chi connectivity index (χ1v) is 8.31. The molecule has 19 heavy (non-hydrogen) atoms. The van der Waals surface area contributed by atoms with E-state index in [1.165, 1.54) is 37.7 Å². The molecule has 0 heterocycles. The Kier molecular flexibility index (Phi) is 3.13. The van der Waals surface area contributed by atoms with Crippen molar-refractivity contribution in [3.05, 3.63) is 11.6 Å². The number of aliphatic hydroxyl groups excluding tert-OH is 1. The lowest BCUT2D eigenvalue weighted by Crippen LogP contribution is -2.37. The topological polar surface area (TPSA) is 20.2 Å². The van der Waals surface area contributed by atoms with E-state index in [1.54, 1.807) is 0 Å². The SMILES string of the molecule is C/C=C(/C(O)CC)C1CCC2(C)C3CCC2(C)CC13. The highest BCUT2D eigenvalue weighted by Crippen LogP contribution is 2.74. The molecule has 3 saturated carbocycles. The molecule has 1 nitrogen and oxygen atoms in total. The highest BCUT2D eigenvalue weighted by Gasteiger charge is 2.66. The second-order valence-electron chi connectivity index (χ2n) is 7.85. The fraction of sp³-hybridized carbons (Fsp3) is 0.889. The van der Waals surface area contributed by atoms with Crippen LogP contribution in [0, 0.1) is 28.6 Å². The van der Waals surface area contributed by atoms with E-state index < -0.39 is 0 Å². The minimum absolute atomic E-state index is 0.203. The summed E-state index contributed by atoms with van der Waals surface area (Å²) in [5.41, 5.74) is 2.54. The first-order valence-electron chi connectivity index (χ1n) is 8.31. The molecule has 0 aromatic heterocycles. The lowest BCUT2D eigenvalue weighted by Gasteiger charge is -2.43. The van der Waals surface area contributed by atoms with Crippen molar-refractivity contribution in [3.63, 3.8) is 0 Å². The highest BCUT2D eigenvalue weighted by atomic mass is 16.3. The van der Waals surface area contributed by atoms with Crippen LogP contribution in [0.15, 0.2) is 11.6 Å². The van der Waals surface area contributed by atoms with Gasteiger partial charge in [0.25, 0.3) is 0 Å². The molecule has 3 aliphatic rings. The van der Waals surface area contributed by atoms with Crippen molar-refractivity contribution in [2.24, 2.45) is 28.6 Å². The molecule has 0 aromatic carbocycles. The van der Waals surface area contributed by atoms with Gasteiger partial charge in [0.1, 0.15) is 0 Å². The van der Waals surface area contributed by atoms with Crippen LogP contribution in [0.25, 0.3) is 0 Å². The second kappa shape index (κ2) is 4.35. The van der Waals surface area contributed by atoms with Gasteiger partial charge in [0, 0.05) is 0 Å². The van der Waals surface area contributed by atoms with Crippen LogP contribution < -0.4 is 0 Å². The van der Waals surface area contributed by atoms with Crippen molar-refractivity contribution in [1.82, 2.24) is 0 Å². The van der Waals surface area contributed by atoms with Crippen molar-refractivity contribution in [2.45, 2.75) is 72.3 Å². The smallest absolute Gasteiger partial charge is 0.0750 e. The zero-order chi connectivity index (χ0) is 13.8. The molecular formula is C18H30O. The Hall–Kier alpha value is -0.300. The van der Waals surface area contributed by atoms with Crippen LogP contribution in [0.1, 0.15) is 66.2 Å². The van der Waals surface area contributed by atoms with Crippen molar-refractivity contribution in [3.8, 4) is 0 Å². The van der Waals surface area contributed by atoms with Gasteiger partial charge in [-0.05, 0) is 79.6 Å². The standard InChI is InChI=1S/C18H30O/c1-5-12(16(19)6-2)13-7-10-18(4)15-8-9-17(18,3)11-14(13)15/h5,13-16,19H,6-11H2,1-4H3/b12-5+. The quantitative estimate of drug-likeness (QED) is 0.739. The molecule has 0 radical (unpaired) electrons. The lowest BCUT2D eigenvalue weighted by atomic mass is 9.61. The maximum atomic E-state index is 10.3. The van der Waals surface area contributed by atoms with E-state index in [0.29, 0.717) is 16.7 Å². The fourth-order valence-electron chi connectivity index (χ4n) is 6.09. The molecular weight excluding hydrogens is 232 g/mol. The molecule has 4 bridgehead atoms. The van der Waals surface area contributed by atoms with Crippen LogP contribution in [0.4, 0.5) is 0 Å². The third-order valence-electron chi connectivity index (χ3n) is 7.43. The Morgan fingerprint density at radius 1 is 1.32 bits per heavy atom. The average molecular weight is 262 g/mol. The number of rotatable bonds is 3. The zero-order valence-corrected chi connectivity index (χ0v) is 13.1. The average Bonchev–Trinajstić information content (AvgIpc) is 2.73. The molecule has 6 unspecified atom stereocenters. The number of hydrogen-bond acceptors (Lipinski definition) is 1. The van der Waals surface area contributed by atoms with Crippen LogP contribution >= 0.6 is 0 Å². The summed E-state index contributed by atoms with van der Waals surface area (Å²) in [5.74, 6) is 2.44. The largest absolute Gasteiger partial charge is 0.389 e. The van der Waals surface area contributed by atoms with Crippen LogP contribution in [0.3, 0.4) is 0 Å². The summed E-state index contributed by atoms with van der Waals surface area (Å²) in [5, 5.41) is 10.3. The third-order valence-corrected chi connectivity index (χ3v) is 7.43. The molecule has 0 amide bonds. The van der Waals surface area contributed by atoms with Gasteiger partial charge in [0.2, 0.25) is 0 Å². The Morgan fingerprint density at radius 3 is 2.68 bits per heavy atom. The number of hydrogen-bond donors (Lipinski definition) is 1. The van der Waals surface area contributed by atoms with Crippen molar-refractivity contribution in [1.29, 1.82) is 0 Å². The van der Waals surface area contributed by atoms with Crippen molar-refractivity contribution >= 4 is 0 Å². The molecule has 0 aliphatic heterocycles. The van der Waals surface area contributed by atoms with Crippen LogP contribution in [0.2, 0.25) is 0 Å². The fourth-order valence-corrected chi connectivity index (χ4v) is 6.09. The second-order valence-corrected chi connectivity index (χ2v) is 7.85. The first kappa shape index (κ1) is 13.7. The minimum Gasteiger partial charge on any atom is -0.389 e. The van der Waals surface area contributed by atoms with Gasteiger partial charge in [-0.25, -0.2) is 0 Å². The molecule has 1 heteroatoms. The van der Waals surface area contributed by atoms with Gasteiger partial charge in [-0.1, -0.05) is 26.8 Å². The predicted octanol–water partition coefficient (Wildman–Crippen LogP) is 4.56. The summed E-state index contributed by atoms with van der Waals surface area (Å²) < 4.78 is 0. The molecule has 3 fully saturated rings. The summed E-state index contributed by atoms with van der Waals surface area (Å²) in [4.78, 5) is 0. The van der Waals surface area contributed by atoms with E-state index in [2.05, 4.69) is 33.8 Å². The van der Waals surface area contributed by atoms with E-state index in [9.17, 15) is 5.11 Å². The van der Waals surface area contributed by atoms with Crippen LogP contribution in [-0.2, 0) is 0 Å². The van der Waals surface area contributed by atoms with E-state index in [4.69, 9.17) is 0 Å².